The van der Waals surface area contributed by atoms with Gasteiger partial charge in [-0.3, -0.25) is 0 Å². The third-order valence-corrected chi connectivity index (χ3v) is 13.8. The highest BCUT2D eigenvalue weighted by atomic mass is 35.5. The van der Waals surface area contributed by atoms with Gasteiger partial charge in [-0.2, -0.15) is 0 Å². The van der Waals surface area contributed by atoms with Crippen molar-refractivity contribution in [2.45, 2.75) is 35.4 Å². The fourth-order valence-corrected chi connectivity index (χ4v) is 12.7. The second-order valence-corrected chi connectivity index (χ2v) is 13.5. The molecule has 4 saturated carbocycles. The highest BCUT2D eigenvalue weighted by molar-refractivity contribution is 6.49. The van der Waals surface area contributed by atoms with Crippen LogP contribution in [0.5, 0.6) is 0 Å². The Bertz CT molecular complexity index is 904. The second kappa shape index (κ2) is 5.60. The summed E-state index contributed by atoms with van der Waals surface area (Å²) < 4.78 is 0. The first-order chi connectivity index (χ1) is 14.5. The van der Waals surface area contributed by atoms with Crippen LogP contribution in [-0.4, -0.2) is 9.75 Å². The lowest BCUT2D eigenvalue weighted by molar-refractivity contribution is -0.146. The van der Waals surface area contributed by atoms with E-state index in [0.29, 0.717) is 81.1 Å². The quantitative estimate of drug-likeness (QED) is 0.251. The van der Waals surface area contributed by atoms with E-state index in [2.05, 4.69) is 36.5 Å². The standard InChI is InChI=1S/C26H26Cl4/c27-23-24(28)26(30)20-14-7-5-13(6-8-14)19(20)25(23,29)21-15-9-10-16(22(21)26)18-12-2-1-11(3-4-12)17(15)18/h1-2,5,7,9-22H,3-4,6,8H2/t11-,12+,13+,14-,15-,16+,17+,18-,19+,20-,21-,22+,25-,26+. The van der Waals surface area contributed by atoms with E-state index < -0.39 is 9.75 Å². The summed E-state index contributed by atoms with van der Waals surface area (Å²) >= 11 is 30.0. The van der Waals surface area contributed by atoms with Crippen LogP contribution in [-0.2, 0) is 0 Å². The first-order valence-corrected chi connectivity index (χ1v) is 13.5. The van der Waals surface area contributed by atoms with E-state index >= 15 is 0 Å². The molecule has 0 nitrogen and oxygen atoms in total. The molecular weight excluding hydrogens is 454 g/mol. The van der Waals surface area contributed by atoms with Crippen molar-refractivity contribution in [3.05, 3.63) is 46.5 Å². The van der Waals surface area contributed by atoms with E-state index in [1.165, 1.54) is 25.7 Å². The molecule has 4 fully saturated rings. The van der Waals surface area contributed by atoms with Crippen molar-refractivity contribution in [3.63, 3.8) is 0 Å². The van der Waals surface area contributed by atoms with Crippen molar-refractivity contribution in [3.8, 4) is 0 Å². The second-order valence-electron chi connectivity index (χ2n) is 11.5. The zero-order valence-corrected chi connectivity index (χ0v) is 19.8. The van der Waals surface area contributed by atoms with Gasteiger partial charge in [0.15, 0.2) is 0 Å². The molecule has 0 aromatic rings. The minimum atomic E-state index is -0.558. The summed E-state index contributed by atoms with van der Waals surface area (Å²) in [7, 11) is 0. The van der Waals surface area contributed by atoms with Gasteiger partial charge in [-0.25, -0.2) is 0 Å². The van der Waals surface area contributed by atoms with Crippen LogP contribution >= 0.6 is 46.4 Å². The maximum Gasteiger partial charge on any atom is 0.0887 e. The summed E-state index contributed by atoms with van der Waals surface area (Å²) in [4.78, 5) is -1.12. The molecule has 8 bridgehead atoms. The van der Waals surface area contributed by atoms with Crippen LogP contribution in [0, 0.1) is 71.0 Å². The maximum absolute atomic E-state index is 7.85. The van der Waals surface area contributed by atoms with E-state index in [4.69, 9.17) is 46.4 Å². The molecule has 0 N–H and O–H groups in total. The van der Waals surface area contributed by atoms with Gasteiger partial charge in [0.05, 0.1) is 19.8 Å². The minimum Gasteiger partial charge on any atom is -0.112 e. The number of rotatable bonds is 0. The molecule has 0 spiro atoms. The predicted molar refractivity (Wildman–Crippen MR) is 124 cm³/mol. The van der Waals surface area contributed by atoms with Crippen molar-refractivity contribution in [2.24, 2.45) is 71.0 Å². The van der Waals surface area contributed by atoms with Gasteiger partial charge in [-0.15, -0.1) is 23.2 Å². The molecule has 0 aromatic heterocycles. The van der Waals surface area contributed by atoms with E-state index in [0.717, 1.165) is 0 Å². The van der Waals surface area contributed by atoms with Gasteiger partial charge < -0.3 is 0 Å². The van der Waals surface area contributed by atoms with Crippen LogP contribution in [0.2, 0.25) is 0 Å². The average Bonchev–Trinajstić information content (AvgIpc) is 2.81. The fraction of sp³-hybridized carbons (Fsp3) is 0.692. The predicted octanol–water partition coefficient (Wildman–Crippen LogP) is 7.36. The Morgan fingerprint density at radius 1 is 0.533 bits per heavy atom. The van der Waals surface area contributed by atoms with Crippen molar-refractivity contribution in [2.75, 3.05) is 0 Å². The van der Waals surface area contributed by atoms with Crippen molar-refractivity contribution in [1.29, 1.82) is 0 Å². The highest BCUT2D eigenvalue weighted by Gasteiger charge is 2.79. The molecule has 12 rings (SSSR count). The molecule has 12 aliphatic rings. The van der Waals surface area contributed by atoms with E-state index in [9.17, 15) is 0 Å². The van der Waals surface area contributed by atoms with E-state index in [1.54, 1.807) is 0 Å². The lowest BCUT2D eigenvalue weighted by Gasteiger charge is -2.75. The molecule has 0 aromatic carbocycles. The Morgan fingerprint density at radius 2 is 0.900 bits per heavy atom. The first-order valence-electron chi connectivity index (χ1n) is 12.0. The molecule has 14 atom stereocenters. The lowest BCUT2D eigenvalue weighted by Crippen LogP contribution is -2.76. The summed E-state index contributed by atoms with van der Waals surface area (Å²) in [5, 5.41) is 1.39. The number of alkyl halides is 2. The van der Waals surface area contributed by atoms with Gasteiger partial charge in [0, 0.05) is 0 Å². The Balaban J connectivity index is 1.39. The fourth-order valence-electron chi connectivity index (χ4n) is 10.5. The van der Waals surface area contributed by atoms with E-state index in [1.807, 2.05) is 0 Å². The minimum absolute atomic E-state index is 0.310. The number of hydrogen-bond donors (Lipinski definition) is 0. The molecular formula is C26H26Cl4. The molecule has 4 heteroatoms. The van der Waals surface area contributed by atoms with Crippen molar-refractivity contribution >= 4 is 46.4 Å². The number of allylic oxidation sites excluding steroid dienone is 8. The maximum atomic E-state index is 7.85. The number of hydrogen-bond acceptors (Lipinski definition) is 0. The van der Waals surface area contributed by atoms with Crippen LogP contribution in [0.1, 0.15) is 25.7 Å². The van der Waals surface area contributed by atoms with Crippen molar-refractivity contribution in [1.82, 2.24) is 0 Å². The van der Waals surface area contributed by atoms with Crippen LogP contribution in [0.3, 0.4) is 0 Å². The molecule has 12 aliphatic carbocycles. The molecule has 0 amide bonds. The Labute approximate surface area is 198 Å². The summed E-state index contributed by atoms with van der Waals surface area (Å²) in [6.45, 7) is 0. The molecule has 30 heavy (non-hydrogen) atoms. The van der Waals surface area contributed by atoms with Gasteiger partial charge in [0.25, 0.3) is 0 Å². The number of halogens is 4. The first kappa shape index (κ1) is 18.5. The smallest absolute Gasteiger partial charge is 0.0887 e. The zero-order chi connectivity index (χ0) is 20.2. The van der Waals surface area contributed by atoms with E-state index in [-0.39, 0.29) is 0 Å². The average molecular weight is 480 g/mol. The molecule has 0 saturated heterocycles. The third kappa shape index (κ3) is 1.74. The highest BCUT2D eigenvalue weighted by Crippen LogP contribution is 2.80. The van der Waals surface area contributed by atoms with Gasteiger partial charge in [-0.1, -0.05) is 59.7 Å². The van der Waals surface area contributed by atoms with Crippen LogP contribution in [0.25, 0.3) is 0 Å². The summed E-state index contributed by atoms with van der Waals surface area (Å²) in [5.41, 5.74) is 0. The lowest BCUT2D eigenvalue weighted by atomic mass is 9.33. The third-order valence-electron chi connectivity index (χ3n) is 11.1. The number of fused-ring (bicyclic) bond motifs is 2. The topological polar surface area (TPSA) is 0 Å². The SMILES string of the molecule is ClC1=C(Cl)[C@]2(Cl)[C@@H]3[C@@H]4C=C[C@@H]([C@@H]5[C@H]4[C@@H]4C=C[C@H]5CC4)[C@@H]3[C@@]1(Cl)[C@H]1[C@@H]2[C@H]2C=C[C@@H]1CC2. The van der Waals surface area contributed by atoms with Gasteiger partial charge in [0.1, 0.15) is 0 Å². The molecule has 0 radical (unpaired) electrons. The Kier molecular flexibility index (Phi) is 3.46. The monoisotopic (exact) mass is 478 g/mol. The normalized spacial score (nSPS) is 65.2. The van der Waals surface area contributed by atoms with Gasteiger partial charge in [-0.05, 0) is 96.7 Å². The summed E-state index contributed by atoms with van der Waals surface area (Å²) in [6, 6.07) is 0. The molecule has 0 heterocycles. The zero-order valence-electron chi connectivity index (χ0n) is 16.7. The molecule has 158 valence electrons. The van der Waals surface area contributed by atoms with Crippen LogP contribution < -0.4 is 0 Å². The van der Waals surface area contributed by atoms with Crippen LogP contribution in [0.15, 0.2) is 46.5 Å². The van der Waals surface area contributed by atoms with Crippen LogP contribution in [0.4, 0.5) is 0 Å². The van der Waals surface area contributed by atoms with Gasteiger partial charge >= 0.3 is 0 Å². The summed E-state index contributed by atoms with van der Waals surface area (Å²) in [6.07, 6.45) is 20.1. The largest absolute Gasteiger partial charge is 0.112 e. The van der Waals surface area contributed by atoms with Crippen molar-refractivity contribution < 1.29 is 0 Å². The Hall–Kier alpha value is 0.120. The summed E-state index contributed by atoms with van der Waals surface area (Å²) in [5.74, 6) is 5.98. The molecule has 0 unspecified atom stereocenters. The Morgan fingerprint density at radius 3 is 1.27 bits per heavy atom. The van der Waals surface area contributed by atoms with Gasteiger partial charge in [0.2, 0.25) is 0 Å². The molecule has 0 aliphatic heterocycles.